The molecule has 0 fully saturated rings. The van der Waals surface area contributed by atoms with Crippen molar-refractivity contribution in [3.05, 3.63) is 54.9 Å². The highest BCUT2D eigenvalue weighted by molar-refractivity contribution is 6.01. The molecule has 0 saturated carbocycles. The second kappa shape index (κ2) is 7.87. The smallest absolute Gasteiger partial charge is 0.165 e. The summed E-state index contributed by atoms with van der Waals surface area (Å²) in [7, 11) is 7.25. The van der Waals surface area contributed by atoms with E-state index in [0.29, 0.717) is 28.4 Å². The third kappa shape index (κ3) is 3.45. The van der Waals surface area contributed by atoms with Crippen LogP contribution in [0.15, 0.2) is 54.9 Å². The highest BCUT2D eigenvalue weighted by Crippen LogP contribution is 2.38. The number of hydrogen-bond acceptors (Lipinski definition) is 7. The van der Waals surface area contributed by atoms with Crippen LogP contribution in [-0.2, 0) is 0 Å². The lowest BCUT2D eigenvalue weighted by Gasteiger charge is -2.15. The molecule has 0 spiro atoms. The van der Waals surface area contributed by atoms with Crippen LogP contribution >= 0.6 is 0 Å². The minimum absolute atomic E-state index is 0.381. The molecule has 0 aliphatic rings. The molecule has 7 heteroatoms. The van der Waals surface area contributed by atoms with Crippen molar-refractivity contribution in [2.24, 2.45) is 0 Å². The first-order valence-corrected chi connectivity index (χ1v) is 9.43. The summed E-state index contributed by atoms with van der Waals surface area (Å²) in [5.41, 5.74) is 11.4. The third-order valence-electron chi connectivity index (χ3n) is 5.01. The lowest BCUT2D eigenvalue weighted by atomic mass is 9.99. The highest BCUT2D eigenvalue weighted by Gasteiger charge is 2.15. The van der Waals surface area contributed by atoms with Gasteiger partial charge in [0.2, 0.25) is 0 Å². The summed E-state index contributed by atoms with van der Waals surface area (Å²) in [5.74, 6) is 1.67. The first kappa shape index (κ1) is 19.4. The largest absolute Gasteiger partial charge is 0.493 e. The molecule has 0 atom stereocenters. The lowest BCUT2D eigenvalue weighted by molar-refractivity contribution is 0.355. The Bertz CT molecular complexity index is 1210. The Morgan fingerprint density at radius 1 is 0.833 bits per heavy atom. The molecule has 0 saturated heterocycles. The maximum Gasteiger partial charge on any atom is 0.165 e. The van der Waals surface area contributed by atoms with E-state index in [2.05, 4.69) is 27.0 Å². The van der Waals surface area contributed by atoms with Crippen LogP contribution in [0.1, 0.15) is 0 Å². The van der Waals surface area contributed by atoms with E-state index in [9.17, 15) is 0 Å². The minimum atomic E-state index is 0.381. The molecular weight excluding hydrogens is 378 g/mol. The van der Waals surface area contributed by atoms with Crippen molar-refractivity contribution in [2.75, 3.05) is 38.9 Å². The molecule has 2 aromatic heterocycles. The number of aromatic nitrogens is 3. The molecule has 0 bridgehead atoms. The van der Waals surface area contributed by atoms with E-state index in [1.807, 2.05) is 50.5 Å². The second-order valence-electron chi connectivity index (χ2n) is 7.02. The van der Waals surface area contributed by atoms with Crippen LogP contribution in [0.25, 0.3) is 33.4 Å². The molecule has 0 aliphatic heterocycles. The van der Waals surface area contributed by atoms with Gasteiger partial charge in [-0.2, -0.15) is 0 Å². The lowest BCUT2D eigenvalue weighted by Crippen LogP contribution is -2.08. The van der Waals surface area contributed by atoms with E-state index in [0.717, 1.165) is 28.1 Å². The van der Waals surface area contributed by atoms with E-state index >= 15 is 0 Å². The van der Waals surface area contributed by atoms with Gasteiger partial charge in [-0.3, -0.25) is 0 Å². The van der Waals surface area contributed by atoms with Gasteiger partial charge in [0.15, 0.2) is 17.1 Å². The van der Waals surface area contributed by atoms with Gasteiger partial charge in [-0.05, 0) is 41.5 Å². The summed E-state index contributed by atoms with van der Waals surface area (Å²) in [4.78, 5) is 15.3. The van der Waals surface area contributed by atoms with Gasteiger partial charge in [-0.15, -0.1) is 0 Å². The highest BCUT2D eigenvalue weighted by atomic mass is 16.5. The molecule has 0 aliphatic carbocycles. The molecule has 0 radical (unpaired) electrons. The van der Waals surface area contributed by atoms with Crippen molar-refractivity contribution in [3.8, 4) is 33.9 Å². The zero-order valence-electron chi connectivity index (χ0n) is 17.4. The summed E-state index contributed by atoms with van der Waals surface area (Å²) in [6, 6.07) is 16.0. The fourth-order valence-corrected chi connectivity index (χ4v) is 3.40. The van der Waals surface area contributed by atoms with E-state index in [-0.39, 0.29) is 0 Å². The van der Waals surface area contributed by atoms with Crippen molar-refractivity contribution in [1.82, 2.24) is 15.0 Å². The Labute approximate surface area is 175 Å². The number of nitrogens with two attached hydrogens (primary N) is 1. The van der Waals surface area contributed by atoms with Gasteiger partial charge < -0.3 is 20.1 Å². The Balaban J connectivity index is 1.94. The average Bonchev–Trinajstić information content (AvgIpc) is 2.78. The van der Waals surface area contributed by atoms with Crippen LogP contribution in [0.3, 0.4) is 0 Å². The number of benzene rings is 2. The van der Waals surface area contributed by atoms with Gasteiger partial charge in [0.25, 0.3) is 0 Å². The van der Waals surface area contributed by atoms with E-state index in [1.165, 1.54) is 6.33 Å². The normalized spacial score (nSPS) is 10.8. The maximum absolute atomic E-state index is 6.21. The molecule has 0 amide bonds. The van der Waals surface area contributed by atoms with Crippen LogP contribution in [0.2, 0.25) is 0 Å². The average molecular weight is 401 g/mol. The molecule has 4 rings (SSSR count). The third-order valence-corrected chi connectivity index (χ3v) is 5.01. The summed E-state index contributed by atoms with van der Waals surface area (Å²) in [6.45, 7) is 0. The van der Waals surface area contributed by atoms with Crippen LogP contribution in [-0.4, -0.2) is 43.3 Å². The van der Waals surface area contributed by atoms with E-state index < -0.39 is 0 Å². The number of methoxy groups -OCH3 is 2. The molecule has 152 valence electrons. The summed E-state index contributed by atoms with van der Waals surface area (Å²) in [6.07, 6.45) is 1.43. The molecule has 4 aromatic rings. The number of hydrogen-bond donors (Lipinski definition) is 1. The quantitative estimate of drug-likeness (QED) is 0.540. The number of fused-ring (bicyclic) bond motifs is 1. The summed E-state index contributed by atoms with van der Waals surface area (Å²) in [5, 5.41) is 0.707. The van der Waals surface area contributed by atoms with Crippen molar-refractivity contribution < 1.29 is 9.47 Å². The zero-order chi connectivity index (χ0) is 21.3. The van der Waals surface area contributed by atoms with Crippen LogP contribution in [0, 0.1) is 0 Å². The first-order chi connectivity index (χ1) is 14.5. The van der Waals surface area contributed by atoms with Crippen molar-refractivity contribution in [3.63, 3.8) is 0 Å². The topological polar surface area (TPSA) is 86.4 Å². The standard InChI is InChI=1S/C23H23N5O2/c1-28(2)16-8-5-14(6-9-16)18-12-17(21-22(24)25-13-26-23(21)27-18)15-7-10-19(29-3)20(11-15)30-4/h5-13H,1-4H3,(H2,24,25,26,27). The van der Waals surface area contributed by atoms with Gasteiger partial charge in [-0.1, -0.05) is 18.2 Å². The number of ether oxygens (including phenoxy) is 2. The molecule has 30 heavy (non-hydrogen) atoms. The molecule has 0 unspecified atom stereocenters. The van der Waals surface area contributed by atoms with Crippen molar-refractivity contribution in [2.45, 2.75) is 0 Å². The van der Waals surface area contributed by atoms with Crippen LogP contribution in [0.5, 0.6) is 11.5 Å². The van der Waals surface area contributed by atoms with Gasteiger partial charge in [-0.25, -0.2) is 15.0 Å². The fraction of sp³-hybridized carbons (Fsp3) is 0.174. The number of nitrogen functional groups attached to an aromatic ring is 1. The molecular formula is C23H23N5O2. The van der Waals surface area contributed by atoms with E-state index in [4.69, 9.17) is 20.2 Å². The van der Waals surface area contributed by atoms with Crippen LogP contribution < -0.4 is 20.1 Å². The number of pyridine rings is 1. The molecule has 7 nitrogen and oxygen atoms in total. The van der Waals surface area contributed by atoms with Crippen molar-refractivity contribution in [1.29, 1.82) is 0 Å². The Morgan fingerprint density at radius 3 is 2.20 bits per heavy atom. The molecule has 2 N–H and O–H groups in total. The summed E-state index contributed by atoms with van der Waals surface area (Å²) >= 11 is 0. The fourth-order valence-electron chi connectivity index (χ4n) is 3.40. The molecule has 2 aromatic carbocycles. The number of nitrogens with zero attached hydrogens (tertiary/aromatic N) is 4. The molecule has 2 heterocycles. The Kier molecular flexibility index (Phi) is 5.10. The van der Waals surface area contributed by atoms with Gasteiger partial charge in [0, 0.05) is 25.3 Å². The van der Waals surface area contributed by atoms with Gasteiger partial charge in [0.1, 0.15) is 12.1 Å². The first-order valence-electron chi connectivity index (χ1n) is 9.43. The predicted octanol–water partition coefficient (Wildman–Crippen LogP) is 4.02. The SMILES string of the molecule is COc1ccc(-c2cc(-c3ccc(N(C)C)cc3)nc3ncnc(N)c23)cc1OC. The summed E-state index contributed by atoms with van der Waals surface area (Å²) < 4.78 is 10.9. The number of rotatable bonds is 5. The van der Waals surface area contributed by atoms with E-state index in [1.54, 1.807) is 14.2 Å². The Morgan fingerprint density at radius 2 is 1.53 bits per heavy atom. The zero-order valence-corrected chi connectivity index (χ0v) is 17.4. The Hall–Kier alpha value is -3.87. The second-order valence-corrected chi connectivity index (χ2v) is 7.02. The van der Waals surface area contributed by atoms with Gasteiger partial charge in [0.05, 0.1) is 25.3 Å². The number of anilines is 2. The minimum Gasteiger partial charge on any atom is -0.493 e. The van der Waals surface area contributed by atoms with Gasteiger partial charge >= 0.3 is 0 Å². The van der Waals surface area contributed by atoms with Crippen molar-refractivity contribution >= 4 is 22.5 Å². The predicted molar refractivity (Wildman–Crippen MR) is 120 cm³/mol. The van der Waals surface area contributed by atoms with Crippen LogP contribution in [0.4, 0.5) is 11.5 Å². The maximum atomic E-state index is 6.21. The monoisotopic (exact) mass is 401 g/mol.